The van der Waals surface area contributed by atoms with Crippen molar-refractivity contribution in [2.45, 2.75) is 46.6 Å². The first-order valence-electron chi connectivity index (χ1n) is 8.95. The van der Waals surface area contributed by atoms with Crippen LogP contribution in [0.2, 0.25) is 0 Å². The molecule has 2 rings (SSSR count). The van der Waals surface area contributed by atoms with Crippen molar-refractivity contribution in [1.82, 2.24) is 5.32 Å². The third-order valence-corrected chi connectivity index (χ3v) is 4.79. The van der Waals surface area contributed by atoms with Crippen LogP contribution >= 0.6 is 0 Å². The predicted molar refractivity (Wildman–Crippen MR) is 98.4 cm³/mol. The summed E-state index contributed by atoms with van der Waals surface area (Å²) < 4.78 is 0. The molecule has 0 aliphatic carbocycles. The highest BCUT2D eigenvalue weighted by atomic mass is 16.2. The maximum atomic E-state index is 12.3. The lowest BCUT2D eigenvalue weighted by molar-refractivity contribution is -0.126. The Morgan fingerprint density at radius 2 is 1.88 bits per heavy atom. The van der Waals surface area contributed by atoms with E-state index in [-0.39, 0.29) is 23.8 Å². The molecule has 2 atom stereocenters. The normalized spacial score (nSPS) is 18.6. The minimum Gasteiger partial charge on any atom is -0.372 e. The van der Waals surface area contributed by atoms with Crippen LogP contribution in [0.15, 0.2) is 24.3 Å². The molecule has 0 radical (unpaired) electrons. The molecular formula is C19H29N3O2. The Kier molecular flexibility index (Phi) is 6.23. The second-order valence-electron chi connectivity index (χ2n) is 6.41. The molecule has 0 aromatic heterocycles. The van der Waals surface area contributed by atoms with Crippen LogP contribution in [0.5, 0.6) is 0 Å². The Hall–Kier alpha value is -2.04. The quantitative estimate of drug-likeness (QED) is 0.836. The van der Waals surface area contributed by atoms with Gasteiger partial charge in [-0.25, -0.2) is 0 Å². The minimum absolute atomic E-state index is 0.0139. The number of carbonyl (C=O) groups is 2. The molecule has 5 nitrogen and oxygen atoms in total. The third-order valence-electron chi connectivity index (χ3n) is 4.79. The lowest BCUT2D eigenvalue weighted by Crippen LogP contribution is -2.38. The van der Waals surface area contributed by atoms with Gasteiger partial charge in [-0.05, 0) is 51.5 Å². The molecule has 1 aromatic rings. The summed E-state index contributed by atoms with van der Waals surface area (Å²) in [4.78, 5) is 28.6. The minimum atomic E-state index is -0.256. The van der Waals surface area contributed by atoms with Crippen molar-refractivity contribution in [1.29, 1.82) is 0 Å². The largest absolute Gasteiger partial charge is 0.372 e. The van der Waals surface area contributed by atoms with E-state index in [1.165, 1.54) is 0 Å². The van der Waals surface area contributed by atoms with Gasteiger partial charge in [-0.3, -0.25) is 9.59 Å². The van der Waals surface area contributed by atoms with Crippen molar-refractivity contribution >= 4 is 23.2 Å². The van der Waals surface area contributed by atoms with E-state index in [9.17, 15) is 9.59 Å². The summed E-state index contributed by atoms with van der Waals surface area (Å²) in [6, 6.07) is 8.18. The van der Waals surface area contributed by atoms with Gasteiger partial charge in [0.2, 0.25) is 11.8 Å². The Balaban J connectivity index is 2.05. The molecule has 1 aliphatic rings. The summed E-state index contributed by atoms with van der Waals surface area (Å²) in [6.07, 6.45) is 1.18. The molecule has 24 heavy (non-hydrogen) atoms. The van der Waals surface area contributed by atoms with E-state index in [4.69, 9.17) is 0 Å². The van der Waals surface area contributed by atoms with Crippen LogP contribution in [0, 0.1) is 5.92 Å². The molecule has 1 saturated heterocycles. The molecule has 2 unspecified atom stereocenters. The lowest BCUT2D eigenvalue weighted by Gasteiger charge is -2.23. The highest BCUT2D eigenvalue weighted by Gasteiger charge is 2.35. The molecule has 5 heteroatoms. The summed E-state index contributed by atoms with van der Waals surface area (Å²) >= 11 is 0. The lowest BCUT2D eigenvalue weighted by atomic mass is 10.1. The second-order valence-corrected chi connectivity index (χ2v) is 6.41. The van der Waals surface area contributed by atoms with E-state index in [0.717, 1.165) is 30.9 Å². The van der Waals surface area contributed by atoms with Crippen LogP contribution in [-0.4, -0.2) is 37.5 Å². The summed E-state index contributed by atoms with van der Waals surface area (Å²) in [6.45, 7) is 10.6. The van der Waals surface area contributed by atoms with Gasteiger partial charge in [0.05, 0.1) is 5.92 Å². The highest BCUT2D eigenvalue weighted by Crippen LogP contribution is 2.27. The van der Waals surface area contributed by atoms with Crippen LogP contribution in [0.25, 0.3) is 0 Å². The number of nitrogens with one attached hydrogen (secondary N) is 1. The van der Waals surface area contributed by atoms with E-state index < -0.39 is 0 Å². The fraction of sp³-hybridized carbons (Fsp3) is 0.579. The average Bonchev–Trinajstić information content (AvgIpc) is 2.98. The number of hydrogen-bond donors (Lipinski definition) is 1. The number of amides is 2. The number of benzene rings is 1. The van der Waals surface area contributed by atoms with Gasteiger partial charge < -0.3 is 15.1 Å². The Morgan fingerprint density at radius 1 is 1.25 bits per heavy atom. The molecule has 0 spiro atoms. The summed E-state index contributed by atoms with van der Waals surface area (Å²) in [5.41, 5.74) is 2.02. The molecule has 0 bridgehead atoms. The molecular weight excluding hydrogens is 302 g/mol. The smallest absolute Gasteiger partial charge is 0.227 e. The Bertz CT molecular complexity index is 566. The first-order chi connectivity index (χ1) is 11.5. The van der Waals surface area contributed by atoms with Gasteiger partial charge in [-0.2, -0.15) is 0 Å². The molecule has 1 aliphatic heterocycles. The third kappa shape index (κ3) is 4.08. The maximum absolute atomic E-state index is 12.3. The molecule has 1 fully saturated rings. The Morgan fingerprint density at radius 3 is 2.42 bits per heavy atom. The number of carbonyl (C=O) groups excluding carboxylic acids is 2. The van der Waals surface area contributed by atoms with Crippen LogP contribution in [0.1, 0.15) is 40.5 Å². The van der Waals surface area contributed by atoms with Crippen LogP contribution in [-0.2, 0) is 9.59 Å². The number of hydrogen-bond acceptors (Lipinski definition) is 3. The highest BCUT2D eigenvalue weighted by molar-refractivity contribution is 6.00. The fourth-order valence-electron chi connectivity index (χ4n) is 3.03. The number of anilines is 2. The zero-order valence-corrected chi connectivity index (χ0v) is 15.2. The monoisotopic (exact) mass is 331 g/mol. The number of rotatable bonds is 7. The fourth-order valence-corrected chi connectivity index (χ4v) is 3.03. The summed E-state index contributed by atoms with van der Waals surface area (Å²) in [7, 11) is 0. The molecule has 1 aromatic carbocycles. The maximum Gasteiger partial charge on any atom is 0.227 e. The first kappa shape index (κ1) is 18.3. The Labute approximate surface area is 145 Å². The molecule has 132 valence electrons. The van der Waals surface area contributed by atoms with Gasteiger partial charge in [0.1, 0.15) is 0 Å². The van der Waals surface area contributed by atoms with Gasteiger partial charge in [-0.15, -0.1) is 0 Å². The zero-order valence-electron chi connectivity index (χ0n) is 15.2. The van der Waals surface area contributed by atoms with Crippen molar-refractivity contribution in [3.8, 4) is 0 Å². The molecule has 2 amide bonds. The predicted octanol–water partition coefficient (Wildman–Crippen LogP) is 2.80. The molecule has 1 N–H and O–H groups in total. The number of nitrogens with zero attached hydrogens (tertiary/aromatic N) is 2. The topological polar surface area (TPSA) is 52.7 Å². The summed E-state index contributed by atoms with van der Waals surface area (Å²) in [5, 5.41) is 2.98. The molecule has 1 heterocycles. The summed E-state index contributed by atoms with van der Waals surface area (Å²) in [5.74, 6) is -0.246. The van der Waals surface area contributed by atoms with Crippen LogP contribution < -0.4 is 15.1 Å². The van der Waals surface area contributed by atoms with E-state index >= 15 is 0 Å². The van der Waals surface area contributed by atoms with Gasteiger partial charge in [-0.1, -0.05) is 6.92 Å². The van der Waals surface area contributed by atoms with E-state index in [1.54, 1.807) is 4.90 Å². The standard InChI is InChI=1S/C19H29N3O2/c1-5-14(4)20-19(24)15-12-18(23)22(13-15)17-10-8-16(9-11-17)21(6-2)7-3/h8-11,14-15H,5-7,12-13H2,1-4H3,(H,20,24). The van der Waals surface area contributed by atoms with Gasteiger partial charge in [0.15, 0.2) is 0 Å². The van der Waals surface area contributed by atoms with E-state index in [1.807, 2.05) is 38.1 Å². The van der Waals surface area contributed by atoms with Crippen molar-refractivity contribution in [3.05, 3.63) is 24.3 Å². The van der Waals surface area contributed by atoms with Gasteiger partial charge in [0, 0.05) is 43.5 Å². The van der Waals surface area contributed by atoms with Gasteiger partial charge >= 0.3 is 0 Å². The van der Waals surface area contributed by atoms with Crippen LogP contribution in [0.4, 0.5) is 11.4 Å². The molecule has 0 saturated carbocycles. The van der Waals surface area contributed by atoms with Crippen molar-refractivity contribution in [2.75, 3.05) is 29.4 Å². The van der Waals surface area contributed by atoms with E-state index in [0.29, 0.717) is 13.0 Å². The zero-order chi connectivity index (χ0) is 17.7. The first-order valence-corrected chi connectivity index (χ1v) is 8.95. The van der Waals surface area contributed by atoms with Crippen molar-refractivity contribution in [3.63, 3.8) is 0 Å². The second kappa shape index (κ2) is 8.18. The van der Waals surface area contributed by atoms with Gasteiger partial charge in [0.25, 0.3) is 0 Å². The van der Waals surface area contributed by atoms with Crippen molar-refractivity contribution < 1.29 is 9.59 Å². The van der Waals surface area contributed by atoms with E-state index in [2.05, 4.69) is 24.1 Å². The SMILES string of the molecule is CCC(C)NC(=O)C1CC(=O)N(c2ccc(N(CC)CC)cc2)C1. The van der Waals surface area contributed by atoms with Crippen molar-refractivity contribution in [2.24, 2.45) is 5.92 Å². The average molecular weight is 331 g/mol. The van der Waals surface area contributed by atoms with Crippen LogP contribution in [0.3, 0.4) is 0 Å².